The summed E-state index contributed by atoms with van der Waals surface area (Å²) in [7, 11) is 0. The van der Waals surface area contributed by atoms with Crippen LogP contribution < -0.4 is 11.1 Å². The number of amides is 2. The van der Waals surface area contributed by atoms with E-state index in [-0.39, 0.29) is 11.8 Å². The first-order valence-corrected chi connectivity index (χ1v) is 8.03. The van der Waals surface area contributed by atoms with E-state index in [1.165, 1.54) is 0 Å². The van der Waals surface area contributed by atoms with E-state index >= 15 is 0 Å². The van der Waals surface area contributed by atoms with Crippen LogP contribution in [0.4, 0.5) is 0 Å². The number of rotatable bonds is 7. The lowest BCUT2D eigenvalue weighted by molar-refractivity contribution is -0.135. The molecule has 0 bridgehead atoms. The second kappa shape index (κ2) is 8.54. The second-order valence-corrected chi connectivity index (χ2v) is 5.73. The van der Waals surface area contributed by atoms with Crippen LogP contribution in [-0.2, 0) is 16.0 Å². The van der Waals surface area contributed by atoms with Crippen molar-refractivity contribution >= 4 is 11.8 Å². The molecule has 0 saturated carbocycles. The first kappa shape index (κ1) is 16.5. The summed E-state index contributed by atoms with van der Waals surface area (Å²) >= 11 is 0. The van der Waals surface area contributed by atoms with Crippen molar-refractivity contribution in [3.05, 3.63) is 35.9 Å². The normalized spacial score (nSPS) is 15.6. The average Bonchev–Trinajstić information content (AvgIpc) is 3.07. The zero-order valence-electron chi connectivity index (χ0n) is 13.0. The number of benzene rings is 1. The lowest BCUT2D eigenvalue weighted by Gasteiger charge is -2.24. The molecule has 1 unspecified atom stereocenters. The molecule has 5 nitrogen and oxygen atoms in total. The summed E-state index contributed by atoms with van der Waals surface area (Å²) in [5.41, 5.74) is 6.49. The maximum atomic E-state index is 12.6. The van der Waals surface area contributed by atoms with E-state index < -0.39 is 6.04 Å². The SMILES string of the molecule is NCCCC(=O)NC(Cc1ccccc1)C(=O)N1CCCC1. The third-order valence-electron chi connectivity index (χ3n) is 3.94. The van der Waals surface area contributed by atoms with E-state index in [0.717, 1.165) is 31.5 Å². The number of nitrogens with zero attached hydrogens (tertiary/aromatic N) is 1. The van der Waals surface area contributed by atoms with Gasteiger partial charge in [0.1, 0.15) is 6.04 Å². The number of likely N-dealkylation sites (tertiary alicyclic amines) is 1. The van der Waals surface area contributed by atoms with Crippen molar-refractivity contribution in [3.8, 4) is 0 Å². The Morgan fingerprint density at radius 1 is 1.18 bits per heavy atom. The first-order chi connectivity index (χ1) is 10.7. The van der Waals surface area contributed by atoms with Crippen LogP contribution in [0, 0.1) is 0 Å². The largest absolute Gasteiger partial charge is 0.344 e. The van der Waals surface area contributed by atoms with Crippen LogP contribution in [-0.4, -0.2) is 42.4 Å². The van der Waals surface area contributed by atoms with Gasteiger partial charge in [-0.3, -0.25) is 9.59 Å². The molecule has 0 aliphatic carbocycles. The molecule has 1 atom stereocenters. The van der Waals surface area contributed by atoms with Gasteiger partial charge in [0.15, 0.2) is 0 Å². The molecular formula is C17H25N3O2. The van der Waals surface area contributed by atoms with Gasteiger partial charge in [-0.2, -0.15) is 0 Å². The number of hydrogen-bond donors (Lipinski definition) is 2. The average molecular weight is 303 g/mol. The Hall–Kier alpha value is -1.88. The van der Waals surface area contributed by atoms with Crippen molar-refractivity contribution in [2.45, 2.75) is 38.1 Å². The quantitative estimate of drug-likeness (QED) is 0.791. The monoisotopic (exact) mass is 303 g/mol. The fourth-order valence-corrected chi connectivity index (χ4v) is 2.74. The highest BCUT2D eigenvalue weighted by Crippen LogP contribution is 2.12. The summed E-state index contributed by atoms with van der Waals surface area (Å²) in [6, 6.07) is 9.32. The van der Waals surface area contributed by atoms with Gasteiger partial charge < -0.3 is 16.0 Å². The molecule has 1 aromatic rings. The minimum absolute atomic E-state index is 0.0300. The zero-order chi connectivity index (χ0) is 15.8. The van der Waals surface area contributed by atoms with Gasteiger partial charge in [-0.05, 0) is 31.4 Å². The van der Waals surface area contributed by atoms with Crippen LogP contribution in [0.3, 0.4) is 0 Å². The molecule has 1 aliphatic rings. The first-order valence-electron chi connectivity index (χ1n) is 8.03. The Bertz CT molecular complexity index is 484. The third-order valence-corrected chi connectivity index (χ3v) is 3.94. The van der Waals surface area contributed by atoms with Crippen molar-refractivity contribution in [1.82, 2.24) is 10.2 Å². The van der Waals surface area contributed by atoms with Gasteiger partial charge in [0, 0.05) is 25.9 Å². The van der Waals surface area contributed by atoms with Crippen molar-refractivity contribution in [3.63, 3.8) is 0 Å². The molecule has 1 heterocycles. The van der Waals surface area contributed by atoms with Gasteiger partial charge in [0.05, 0.1) is 0 Å². The van der Waals surface area contributed by atoms with Crippen molar-refractivity contribution in [2.24, 2.45) is 5.73 Å². The van der Waals surface area contributed by atoms with Crippen LogP contribution in [0.15, 0.2) is 30.3 Å². The van der Waals surface area contributed by atoms with Gasteiger partial charge in [-0.1, -0.05) is 30.3 Å². The van der Waals surface area contributed by atoms with Crippen LogP contribution in [0.25, 0.3) is 0 Å². The van der Waals surface area contributed by atoms with Gasteiger partial charge in [-0.25, -0.2) is 0 Å². The van der Waals surface area contributed by atoms with Gasteiger partial charge in [0.2, 0.25) is 11.8 Å². The zero-order valence-corrected chi connectivity index (χ0v) is 13.0. The summed E-state index contributed by atoms with van der Waals surface area (Å²) in [5, 5.41) is 2.89. The fraction of sp³-hybridized carbons (Fsp3) is 0.529. The highest BCUT2D eigenvalue weighted by molar-refractivity contribution is 5.88. The molecule has 0 aromatic heterocycles. The lowest BCUT2D eigenvalue weighted by atomic mass is 10.0. The van der Waals surface area contributed by atoms with Crippen molar-refractivity contribution in [2.75, 3.05) is 19.6 Å². The second-order valence-electron chi connectivity index (χ2n) is 5.73. The Morgan fingerprint density at radius 2 is 1.86 bits per heavy atom. The number of carbonyl (C=O) groups is 2. The Kier molecular flexibility index (Phi) is 6.40. The molecule has 1 aromatic carbocycles. The molecule has 120 valence electrons. The van der Waals surface area contributed by atoms with E-state index in [4.69, 9.17) is 5.73 Å². The summed E-state index contributed by atoms with van der Waals surface area (Å²) in [4.78, 5) is 26.5. The highest BCUT2D eigenvalue weighted by Gasteiger charge is 2.27. The molecule has 3 N–H and O–H groups in total. The van der Waals surface area contributed by atoms with Crippen molar-refractivity contribution < 1.29 is 9.59 Å². The highest BCUT2D eigenvalue weighted by atomic mass is 16.2. The lowest BCUT2D eigenvalue weighted by Crippen LogP contribution is -2.49. The topological polar surface area (TPSA) is 75.4 Å². The fourth-order valence-electron chi connectivity index (χ4n) is 2.74. The van der Waals surface area contributed by atoms with E-state index in [0.29, 0.717) is 25.8 Å². The van der Waals surface area contributed by atoms with Crippen LogP contribution in [0.1, 0.15) is 31.2 Å². The van der Waals surface area contributed by atoms with Gasteiger partial charge in [-0.15, -0.1) is 0 Å². The molecule has 22 heavy (non-hydrogen) atoms. The summed E-state index contributed by atoms with van der Waals surface area (Å²) in [6.07, 6.45) is 3.64. The summed E-state index contributed by atoms with van der Waals surface area (Å²) in [5.74, 6) is -0.0682. The molecule has 0 spiro atoms. The minimum atomic E-state index is -0.481. The van der Waals surface area contributed by atoms with E-state index in [2.05, 4.69) is 5.32 Å². The Balaban J connectivity index is 2.02. The van der Waals surface area contributed by atoms with Crippen LogP contribution in [0.5, 0.6) is 0 Å². The van der Waals surface area contributed by atoms with E-state index in [1.807, 2.05) is 35.2 Å². The Morgan fingerprint density at radius 3 is 2.50 bits per heavy atom. The summed E-state index contributed by atoms with van der Waals surface area (Å²) in [6.45, 7) is 2.07. The molecule has 1 fully saturated rings. The number of nitrogens with two attached hydrogens (primary N) is 1. The minimum Gasteiger partial charge on any atom is -0.344 e. The molecular weight excluding hydrogens is 278 g/mol. The number of carbonyl (C=O) groups excluding carboxylic acids is 2. The maximum absolute atomic E-state index is 12.6. The van der Waals surface area contributed by atoms with Gasteiger partial charge >= 0.3 is 0 Å². The predicted molar refractivity (Wildman–Crippen MR) is 86.2 cm³/mol. The number of nitrogens with one attached hydrogen (secondary N) is 1. The van der Waals surface area contributed by atoms with Crippen LogP contribution >= 0.6 is 0 Å². The Labute approximate surface area is 131 Å². The maximum Gasteiger partial charge on any atom is 0.245 e. The molecule has 2 amide bonds. The molecule has 1 aliphatic heterocycles. The smallest absolute Gasteiger partial charge is 0.245 e. The van der Waals surface area contributed by atoms with Gasteiger partial charge in [0.25, 0.3) is 0 Å². The predicted octanol–water partition coefficient (Wildman–Crippen LogP) is 1.08. The molecule has 5 heteroatoms. The number of hydrogen-bond acceptors (Lipinski definition) is 3. The van der Waals surface area contributed by atoms with Crippen molar-refractivity contribution in [1.29, 1.82) is 0 Å². The third kappa shape index (κ3) is 4.84. The summed E-state index contributed by atoms with van der Waals surface area (Å²) < 4.78 is 0. The van der Waals surface area contributed by atoms with Crippen LogP contribution in [0.2, 0.25) is 0 Å². The molecule has 1 saturated heterocycles. The standard InChI is InChI=1S/C17H25N3O2/c18-10-6-9-16(21)19-15(13-14-7-2-1-3-8-14)17(22)20-11-4-5-12-20/h1-3,7-8,15H,4-6,9-13,18H2,(H,19,21). The molecule has 2 rings (SSSR count). The van der Waals surface area contributed by atoms with E-state index in [9.17, 15) is 9.59 Å². The van der Waals surface area contributed by atoms with E-state index in [1.54, 1.807) is 0 Å². The molecule has 0 radical (unpaired) electrons.